The molecular weight excluding hydrogens is 284 g/mol. The maximum Gasteiger partial charge on any atom is 0.224 e. The van der Waals surface area contributed by atoms with E-state index in [0.29, 0.717) is 12.5 Å². The van der Waals surface area contributed by atoms with Crippen LogP contribution in [0.4, 0.5) is 5.69 Å². The summed E-state index contributed by atoms with van der Waals surface area (Å²) in [5.41, 5.74) is 1.58. The monoisotopic (exact) mass is 308 g/mol. The van der Waals surface area contributed by atoms with Crippen molar-refractivity contribution >= 4 is 23.4 Å². The van der Waals surface area contributed by atoms with Crippen molar-refractivity contribution in [3.63, 3.8) is 0 Å². The fourth-order valence-electron chi connectivity index (χ4n) is 2.54. The van der Waals surface area contributed by atoms with Gasteiger partial charge in [-0.15, -0.1) is 0 Å². The molecule has 2 atom stereocenters. The van der Waals surface area contributed by atoms with Gasteiger partial charge in [-0.2, -0.15) is 11.8 Å². The first-order valence-electron chi connectivity index (χ1n) is 7.56. The van der Waals surface area contributed by atoms with Crippen molar-refractivity contribution in [3.8, 4) is 5.75 Å². The Morgan fingerprint density at radius 1 is 1.52 bits per heavy atom. The summed E-state index contributed by atoms with van der Waals surface area (Å²) in [5, 5.41) is 16.5. The fourth-order valence-corrected chi connectivity index (χ4v) is 3.70. The van der Waals surface area contributed by atoms with Gasteiger partial charge in [-0.25, -0.2) is 0 Å². The molecule has 0 aliphatic carbocycles. The lowest BCUT2D eigenvalue weighted by Gasteiger charge is -2.20. The predicted molar refractivity (Wildman–Crippen MR) is 88.9 cm³/mol. The lowest BCUT2D eigenvalue weighted by molar-refractivity contribution is -0.116. The van der Waals surface area contributed by atoms with Crippen molar-refractivity contribution in [1.29, 1.82) is 0 Å². The van der Waals surface area contributed by atoms with Crippen molar-refractivity contribution in [2.24, 2.45) is 0 Å². The number of thioether (sulfide) groups is 1. The third-order valence-electron chi connectivity index (χ3n) is 3.67. The van der Waals surface area contributed by atoms with Crippen LogP contribution in [0.3, 0.4) is 0 Å². The summed E-state index contributed by atoms with van der Waals surface area (Å²) in [6, 6.07) is 5.82. The van der Waals surface area contributed by atoms with E-state index in [1.54, 1.807) is 12.1 Å². The van der Waals surface area contributed by atoms with Gasteiger partial charge in [0, 0.05) is 35.5 Å². The second kappa shape index (κ2) is 7.71. The molecule has 1 saturated heterocycles. The molecule has 3 N–H and O–H groups in total. The first kappa shape index (κ1) is 16.2. The Morgan fingerprint density at radius 3 is 3.00 bits per heavy atom. The zero-order valence-electron chi connectivity index (χ0n) is 12.7. The van der Waals surface area contributed by atoms with Gasteiger partial charge in [0.15, 0.2) is 0 Å². The first-order chi connectivity index (χ1) is 10.1. The van der Waals surface area contributed by atoms with Crippen LogP contribution in [0.1, 0.15) is 44.7 Å². The Morgan fingerprint density at radius 2 is 2.33 bits per heavy atom. The number of phenolic OH excluding ortho intramolecular Hbond substituents is 1. The maximum absolute atomic E-state index is 11.7. The van der Waals surface area contributed by atoms with E-state index in [0.717, 1.165) is 23.4 Å². The van der Waals surface area contributed by atoms with E-state index in [4.69, 9.17) is 0 Å². The number of carbonyl (C=O) groups is 1. The molecule has 4 nitrogen and oxygen atoms in total. The standard InChI is InChI=1S/C16H24N2O2S/c1-3-4-16(20)18-12-5-6-15(19)14(9-12)11(2)17-13-7-8-21-10-13/h5-6,9,11,13,17,19H,3-4,7-8,10H2,1-2H3,(H,18,20). The number of phenols is 1. The lowest BCUT2D eigenvalue weighted by atomic mass is 10.0. The van der Waals surface area contributed by atoms with Crippen LogP contribution >= 0.6 is 11.8 Å². The van der Waals surface area contributed by atoms with Crippen molar-refractivity contribution in [3.05, 3.63) is 23.8 Å². The molecule has 21 heavy (non-hydrogen) atoms. The van der Waals surface area contributed by atoms with Gasteiger partial charge in [-0.05, 0) is 43.7 Å². The van der Waals surface area contributed by atoms with Gasteiger partial charge in [-0.3, -0.25) is 4.79 Å². The second-order valence-corrected chi connectivity index (χ2v) is 6.67. The molecule has 2 unspecified atom stereocenters. The van der Waals surface area contributed by atoms with Crippen LogP contribution in [0.25, 0.3) is 0 Å². The maximum atomic E-state index is 11.7. The summed E-state index contributed by atoms with van der Waals surface area (Å²) in [6.07, 6.45) is 2.51. The number of hydrogen-bond donors (Lipinski definition) is 3. The molecule has 1 fully saturated rings. The zero-order chi connectivity index (χ0) is 15.2. The minimum atomic E-state index is 0.0157. The van der Waals surface area contributed by atoms with Crippen LogP contribution in [0, 0.1) is 0 Å². The molecule has 1 aliphatic heterocycles. The Bertz CT molecular complexity index is 487. The number of rotatable bonds is 6. The number of carbonyl (C=O) groups excluding carboxylic acids is 1. The molecule has 0 aromatic heterocycles. The van der Waals surface area contributed by atoms with E-state index >= 15 is 0 Å². The quantitative estimate of drug-likeness (QED) is 0.706. The topological polar surface area (TPSA) is 61.4 Å². The Hall–Kier alpha value is -1.20. The summed E-state index contributed by atoms with van der Waals surface area (Å²) in [6.45, 7) is 4.03. The van der Waals surface area contributed by atoms with Crippen LogP contribution < -0.4 is 10.6 Å². The normalized spacial score (nSPS) is 19.4. The third-order valence-corrected chi connectivity index (χ3v) is 4.83. The molecular formula is C16H24N2O2S. The number of aromatic hydroxyl groups is 1. The molecule has 1 amide bonds. The molecule has 1 aromatic carbocycles. The summed E-state index contributed by atoms with van der Waals surface area (Å²) >= 11 is 1.96. The van der Waals surface area contributed by atoms with Gasteiger partial charge < -0.3 is 15.7 Å². The van der Waals surface area contributed by atoms with Crippen LogP contribution in [0.15, 0.2) is 18.2 Å². The molecule has 0 bridgehead atoms. The second-order valence-electron chi connectivity index (χ2n) is 5.52. The van der Waals surface area contributed by atoms with Crippen LogP contribution in [0.2, 0.25) is 0 Å². The van der Waals surface area contributed by atoms with Crippen molar-refractivity contribution in [2.45, 2.75) is 45.2 Å². The van der Waals surface area contributed by atoms with E-state index in [9.17, 15) is 9.90 Å². The lowest BCUT2D eigenvalue weighted by Crippen LogP contribution is -2.31. The van der Waals surface area contributed by atoms with Crippen LogP contribution in [-0.2, 0) is 4.79 Å². The number of anilines is 1. The summed E-state index contributed by atoms with van der Waals surface area (Å²) < 4.78 is 0. The minimum absolute atomic E-state index is 0.0157. The molecule has 0 spiro atoms. The number of hydrogen-bond acceptors (Lipinski definition) is 4. The molecule has 1 aromatic rings. The van der Waals surface area contributed by atoms with Crippen LogP contribution in [-0.4, -0.2) is 28.6 Å². The molecule has 1 aliphatic rings. The van der Waals surface area contributed by atoms with Crippen LogP contribution in [0.5, 0.6) is 5.75 Å². The Kier molecular flexibility index (Phi) is 5.94. The fraction of sp³-hybridized carbons (Fsp3) is 0.562. The Balaban J connectivity index is 2.04. The highest BCUT2D eigenvalue weighted by Gasteiger charge is 2.20. The molecule has 0 saturated carbocycles. The predicted octanol–water partition coefficient (Wildman–Crippen LogP) is 3.29. The smallest absolute Gasteiger partial charge is 0.224 e. The van der Waals surface area contributed by atoms with E-state index < -0.39 is 0 Å². The SMILES string of the molecule is CCCC(=O)Nc1ccc(O)c(C(C)NC2CCSC2)c1. The van der Waals surface area contributed by atoms with Gasteiger partial charge >= 0.3 is 0 Å². The third kappa shape index (κ3) is 4.64. The zero-order valence-corrected chi connectivity index (χ0v) is 13.5. The van der Waals surface area contributed by atoms with Crippen molar-refractivity contribution in [2.75, 3.05) is 16.8 Å². The van der Waals surface area contributed by atoms with Gasteiger partial charge in [0.25, 0.3) is 0 Å². The summed E-state index contributed by atoms with van der Waals surface area (Å²) in [4.78, 5) is 11.7. The minimum Gasteiger partial charge on any atom is -0.508 e. The summed E-state index contributed by atoms with van der Waals surface area (Å²) in [7, 11) is 0. The number of amides is 1. The first-order valence-corrected chi connectivity index (χ1v) is 8.72. The molecule has 0 radical (unpaired) electrons. The highest BCUT2D eigenvalue weighted by atomic mass is 32.2. The van der Waals surface area contributed by atoms with Gasteiger partial charge in [0.05, 0.1) is 0 Å². The highest BCUT2D eigenvalue weighted by molar-refractivity contribution is 7.99. The van der Waals surface area contributed by atoms with E-state index in [2.05, 4.69) is 17.6 Å². The molecule has 116 valence electrons. The highest BCUT2D eigenvalue weighted by Crippen LogP contribution is 2.29. The molecule has 1 heterocycles. The van der Waals surface area contributed by atoms with E-state index in [1.807, 2.05) is 24.8 Å². The summed E-state index contributed by atoms with van der Waals surface area (Å²) in [5.74, 6) is 2.61. The van der Waals surface area contributed by atoms with E-state index in [-0.39, 0.29) is 17.7 Å². The van der Waals surface area contributed by atoms with Gasteiger partial charge in [0.2, 0.25) is 5.91 Å². The molecule has 2 rings (SSSR count). The van der Waals surface area contributed by atoms with E-state index in [1.165, 1.54) is 12.2 Å². The average molecular weight is 308 g/mol. The average Bonchev–Trinajstić information content (AvgIpc) is 2.94. The number of benzene rings is 1. The number of nitrogens with one attached hydrogen (secondary N) is 2. The van der Waals surface area contributed by atoms with Crippen molar-refractivity contribution < 1.29 is 9.90 Å². The largest absolute Gasteiger partial charge is 0.508 e. The van der Waals surface area contributed by atoms with Gasteiger partial charge in [0.1, 0.15) is 5.75 Å². The van der Waals surface area contributed by atoms with Gasteiger partial charge in [-0.1, -0.05) is 6.92 Å². The Labute approximate surface area is 130 Å². The van der Waals surface area contributed by atoms with Crippen molar-refractivity contribution in [1.82, 2.24) is 5.32 Å². The molecule has 5 heteroatoms.